The summed E-state index contributed by atoms with van der Waals surface area (Å²) in [6.45, 7) is 3.71. The van der Waals surface area contributed by atoms with Gasteiger partial charge in [0.25, 0.3) is 0 Å². The van der Waals surface area contributed by atoms with Crippen LogP contribution in [0.1, 0.15) is 40.1 Å². The van der Waals surface area contributed by atoms with E-state index in [0.717, 1.165) is 12.0 Å². The van der Waals surface area contributed by atoms with Gasteiger partial charge in [-0.25, -0.2) is 0 Å². The molecule has 1 aromatic carbocycles. The van der Waals surface area contributed by atoms with Gasteiger partial charge in [0.15, 0.2) is 11.6 Å². The molecule has 2 heteroatoms. The molecule has 15 heavy (non-hydrogen) atoms. The monoisotopic (exact) mass is 200 g/mol. The van der Waals surface area contributed by atoms with Gasteiger partial charge in [-0.1, -0.05) is 19.1 Å². The van der Waals surface area contributed by atoms with Crippen molar-refractivity contribution in [2.75, 3.05) is 0 Å². The zero-order chi connectivity index (χ0) is 11.0. The summed E-state index contributed by atoms with van der Waals surface area (Å²) in [6, 6.07) is 5.47. The van der Waals surface area contributed by atoms with Gasteiger partial charge in [0, 0.05) is 16.7 Å². The Morgan fingerprint density at radius 1 is 1.13 bits per heavy atom. The van der Waals surface area contributed by atoms with Crippen molar-refractivity contribution < 1.29 is 9.59 Å². The molecule has 0 unspecified atom stereocenters. The molecule has 1 aliphatic carbocycles. The molecule has 0 aromatic heterocycles. The van der Waals surface area contributed by atoms with Crippen molar-refractivity contribution in [2.45, 2.75) is 20.3 Å². The SMILES string of the molecule is CCc1ccc2c(c1)C(=O)C(C)=CC2=O. The van der Waals surface area contributed by atoms with Gasteiger partial charge in [-0.05, 0) is 31.1 Å². The predicted molar refractivity (Wildman–Crippen MR) is 58.2 cm³/mol. The normalized spacial score (nSPS) is 14.9. The molecule has 0 atom stereocenters. The van der Waals surface area contributed by atoms with Crippen molar-refractivity contribution in [1.29, 1.82) is 0 Å². The Morgan fingerprint density at radius 2 is 1.87 bits per heavy atom. The maximum absolute atomic E-state index is 11.8. The van der Waals surface area contributed by atoms with Gasteiger partial charge in [-0.2, -0.15) is 0 Å². The van der Waals surface area contributed by atoms with E-state index in [1.165, 1.54) is 6.08 Å². The fourth-order valence-corrected chi connectivity index (χ4v) is 1.77. The maximum Gasteiger partial charge on any atom is 0.189 e. The number of benzene rings is 1. The number of carbonyl (C=O) groups is 2. The quantitative estimate of drug-likeness (QED) is 0.698. The highest BCUT2D eigenvalue weighted by molar-refractivity contribution is 6.24. The maximum atomic E-state index is 11.8. The fraction of sp³-hybridized carbons (Fsp3) is 0.231. The molecule has 0 spiro atoms. The van der Waals surface area contributed by atoms with E-state index in [-0.39, 0.29) is 11.6 Å². The van der Waals surface area contributed by atoms with E-state index in [9.17, 15) is 9.59 Å². The third-order valence-electron chi connectivity index (χ3n) is 2.71. The standard InChI is InChI=1S/C13H12O2/c1-3-9-4-5-10-11(7-9)13(15)8(2)6-12(10)14/h4-7H,3H2,1-2H3. The molecule has 0 amide bonds. The summed E-state index contributed by atoms with van der Waals surface area (Å²) in [5.74, 6) is -0.0929. The third-order valence-corrected chi connectivity index (χ3v) is 2.71. The van der Waals surface area contributed by atoms with Crippen LogP contribution < -0.4 is 0 Å². The van der Waals surface area contributed by atoms with Gasteiger partial charge in [-0.15, -0.1) is 0 Å². The summed E-state index contributed by atoms with van der Waals surface area (Å²) in [6.07, 6.45) is 2.29. The Bertz CT molecular complexity index is 481. The fourth-order valence-electron chi connectivity index (χ4n) is 1.77. The molecular formula is C13H12O2. The highest BCUT2D eigenvalue weighted by atomic mass is 16.1. The minimum absolute atomic E-state index is 0.0279. The van der Waals surface area contributed by atoms with Crippen LogP contribution in [-0.4, -0.2) is 11.6 Å². The van der Waals surface area contributed by atoms with Gasteiger partial charge in [-0.3, -0.25) is 9.59 Å². The second kappa shape index (κ2) is 3.46. The van der Waals surface area contributed by atoms with Crippen LogP contribution in [-0.2, 0) is 6.42 Å². The molecule has 2 nitrogen and oxygen atoms in total. The third kappa shape index (κ3) is 1.52. The first-order valence-corrected chi connectivity index (χ1v) is 5.03. The van der Waals surface area contributed by atoms with Crippen LogP contribution in [0.5, 0.6) is 0 Å². The topological polar surface area (TPSA) is 34.1 Å². The molecule has 0 saturated heterocycles. The highest BCUT2D eigenvalue weighted by Crippen LogP contribution is 2.22. The first kappa shape index (κ1) is 9.84. The molecule has 0 fully saturated rings. The molecule has 0 heterocycles. The van der Waals surface area contributed by atoms with E-state index in [1.54, 1.807) is 13.0 Å². The zero-order valence-corrected chi connectivity index (χ0v) is 8.83. The van der Waals surface area contributed by atoms with Crippen LogP contribution in [0.2, 0.25) is 0 Å². The summed E-state index contributed by atoms with van der Waals surface area (Å²) >= 11 is 0. The van der Waals surface area contributed by atoms with E-state index in [1.807, 2.05) is 19.1 Å². The number of fused-ring (bicyclic) bond motifs is 1. The molecule has 0 N–H and O–H groups in total. The lowest BCUT2D eigenvalue weighted by Gasteiger charge is -2.13. The average Bonchev–Trinajstić information content (AvgIpc) is 2.25. The molecule has 0 radical (unpaired) electrons. The van der Waals surface area contributed by atoms with Crippen LogP contribution in [0, 0.1) is 0 Å². The molecule has 0 bridgehead atoms. The highest BCUT2D eigenvalue weighted by Gasteiger charge is 2.22. The van der Waals surface area contributed by atoms with Crippen molar-refractivity contribution >= 4 is 11.6 Å². The summed E-state index contributed by atoms with van der Waals surface area (Å²) in [7, 11) is 0. The number of rotatable bonds is 1. The molecule has 76 valence electrons. The minimum atomic E-state index is -0.0650. The van der Waals surface area contributed by atoms with E-state index < -0.39 is 0 Å². The van der Waals surface area contributed by atoms with E-state index >= 15 is 0 Å². The van der Waals surface area contributed by atoms with Crippen LogP contribution in [0.25, 0.3) is 0 Å². The number of hydrogen-bond donors (Lipinski definition) is 0. The lowest BCUT2D eigenvalue weighted by molar-refractivity contribution is 0.0984. The summed E-state index contributed by atoms with van der Waals surface area (Å²) < 4.78 is 0. The zero-order valence-electron chi connectivity index (χ0n) is 8.83. The van der Waals surface area contributed by atoms with Crippen molar-refractivity contribution in [3.63, 3.8) is 0 Å². The number of aryl methyl sites for hydroxylation is 1. The van der Waals surface area contributed by atoms with Crippen LogP contribution in [0.3, 0.4) is 0 Å². The smallest absolute Gasteiger partial charge is 0.189 e. The lowest BCUT2D eigenvalue weighted by atomic mass is 9.89. The van der Waals surface area contributed by atoms with Crippen LogP contribution in [0.15, 0.2) is 29.8 Å². The van der Waals surface area contributed by atoms with Crippen LogP contribution >= 0.6 is 0 Å². The van der Waals surface area contributed by atoms with Gasteiger partial charge in [0.05, 0.1) is 0 Å². The van der Waals surface area contributed by atoms with E-state index in [4.69, 9.17) is 0 Å². The van der Waals surface area contributed by atoms with Gasteiger partial charge in [0.2, 0.25) is 0 Å². The van der Waals surface area contributed by atoms with Crippen molar-refractivity contribution in [1.82, 2.24) is 0 Å². The van der Waals surface area contributed by atoms with Gasteiger partial charge >= 0.3 is 0 Å². The lowest BCUT2D eigenvalue weighted by Crippen LogP contribution is -2.15. The largest absolute Gasteiger partial charge is 0.289 e. The van der Waals surface area contributed by atoms with Crippen LogP contribution in [0.4, 0.5) is 0 Å². The van der Waals surface area contributed by atoms with Gasteiger partial charge < -0.3 is 0 Å². The Kier molecular flexibility index (Phi) is 2.27. The number of ketones is 2. The molecule has 1 aromatic rings. The second-order valence-corrected chi connectivity index (χ2v) is 3.75. The molecular weight excluding hydrogens is 188 g/mol. The number of hydrogen-bond acceptors (Lipinski definition) is 2. The first-order valence-electron chi connectivity index (χ1n) is 5.03. The van der Waals surface area contributed by atoms with Crippen molar-refractivity contribution in [3.8, 4) is 0 Å². The predicted octanol–water partition coefficient (Wildman–Crippen LogP) is 2.57. The summed E-state index contributed by atoms with van der Waals surface area (Å²) in [4.78, 5) is 23.4. The Morgan fingerprint density at radius 3 is 2.53 bits per heavy atom. The Labute approximate surface area is 88.6 Å². The van der Waals surface area contributed by atoms with Crippen molar-refractivity contribution in [3.05, 3.63) is 46.5 Å². The second-order valence-electron chi connectivity index (χ2n) is 3.75. The van der Waals surface area contributed by atoms with E-state index in [0.29, 0.717) is 16.7 Å². The average molecular weight is 200 g/mol. The first-order chi connectivity index (χ1) is 7.13. The molecule has 0 saturated carbocycles. The minimum Gasteiger partial charge on any atom is -0.289 e. The Balaban J connectivity index is 2.62. The number of Topliss-reactive ketones (excluding diaryl/α,β-unsaturated/α-hetero) is 1. The molecule has 2 rings (SSSR count). The molecule has 0 aliphatic heterocycles. The number of carbonyl (C=O) groups excluding carboxylic acids is 2. The van der Waals surface area contributed by atoms with Crippen molar-refractivity contribution in [2.24, 2.45) is 0 Å². The summed E-state index contributed by atoms with van der Waals surface area (Å²) in [5.41, 5.74) is 2.70. The van der Waals surface area contributed by atoms with Gasteiger partial charge in [0.1, 0.15) is 0 Å². The Hall–Kier alpha value is -1.70. The summed E-state index contributed by atoms with van der Waals surface area (Å²) in [5, 5.41) is 0. The van der Waals surface area contributed by atoms with E-state index in [2.05, 4.69) is 0 Å². The molecule has 1 aliphatic rings. The number of allylic oxidation sites excluding steroid dienone is 2.